The van der Waals surface area contributed by atoms with Crippen molar-refractivity contribution in [3.05, 3.63) is 12.2 Å². The Morgan fingerprint density at radius 2 is 2.00 bits per heavy atom. The lowest BCUT2D eigenvalue weighted by Crippen LogP contribution is -2.24. The zero-order valence-corrected chi connectivity index (χ0v) is 9.01. The van der Waals surface area contributed by atoms with Gasteiger partial charge in [0.15, 0.2) is 0 Å². The molecule has 1 rings (SSSR count). The van der Waals surface area contributed by atoms with Gasteiger partial charge < -0.3 is 4.74 Å². The summed E-state index contributed by atoms with van der Waals surface area (Å²) in [5.74, 6) is 0. The number of hydrogen-bond donors (Lipinski definition) is 0. The molecule has 0 aliphatic carbocycles. The van der Waals surface area contributed by atoms with Crippen LogP contribution >= 0.6 is 0 Å². The molecule has 1 nitrogen and oxygen atoms in total. The van der Waals surface area contributed by atoms with Crippen molar-refractivity contribution in [3.63, 3.8) is 0 Å². The maximum absolute atomic E-state index is 5.36. The monoisotopic (exact) mass is 182 g/mol. The molecule has 0 aromatic rings. The molecule has 0 amide bonds. The van der Waals surface area contributed by atoms with Crippen LogP contribution in [0.2, 0.25) is 0 Å². The molecule has 0 saturated carbocycles. The fourth-order valence-electron chi connectivity index (χ4n) is 1.69. The molecule has 0 N–H and O–H groups in total. The van der Waals surface area contributed by atoms with Gasteiger partial charge in [0.25, 0.3) is 0 Å². The molecular formula is C12H22O. The first-order chi connectivity index (χ1) is 6.27. The summed E-state index contributed by atoms with van der Waals surface area (Å²) in [6.07, 6.45) is 11.0. The van der Waals surface area contributed by atoms with Crippen LogP contribution in [0.5, 0.6) is 0 Å². The van der Waals surface area contributed by atoms with E-state index in [1.807, 2.05) is 0 Å². The number of hydrogen-bond acceptors (Lipinski definition) is 1. The van der Waals surface area contributed by atoms with Gasteiger partial charge in [-0.1, -0.05) is 38.8 Å². The molecule has 1 saturated heterocycles. The predicted octanol–water partition coefficient (Wildman–Crippen LogP) is 3.55. The molecule has 76 valence electrons. The van der Waals surface area contributed by atoms with Crippen molar-refractivity contribution in [3.8, 4) is 0 Å². The summed E-state index contributed by atoms with van der Waals surface area (Å²) in [4.78, 5) is 0. The van der Waals surface area contributed by atoms with Crippen molar-refractivity contribution < 1.29 is 4.74 Å². The molecule has 1 fully saturated rings. The van der Waals surface area contributed by atoms with Crippen molar-refractivity contribution in [2.45, 2.75) is 46.0 Å². The molecular weight excluding hydrogens is 160 g/mol. The lowest BCUT2D eigenvalue weighted by Gasteiger charge is -2.30. The Labute approximate surface area is 82.2 Å². The maximum atomic E-state index is 5.36. The first kappa shape index (κ1) is 10.8. The summed E-state index contributed by atoms with van der Waals surface area (Å²) in [5, 5.41) is 0. The van der Waals surface area contributed by atoms with Crippen LogP contribution in [0.1, 0.15) is 46.0 Å². The van der Waals surface area contributed by atoms with Gasteiger partial charge in [-0.15, -0.1) is 0 Å². The molecule has 0 aromatic heterocycles. The topological polar surface area (TPSA) is 9.23 Å². The molecule has 0 radical (unpaired) electrons. The summed E-state index contributed by atoms with van der Waals surface area (Å²) in [6, 6.07) is 0. The summed E-state index contributed by atoms with van der Waals surface area (Å²) in [5.41, 5.74) is 0.423. The van der Waals surface area contributed by atoms with Gasteiger partial charge in [-0.3, -0.25) is 0 Å². The molecule has 0 spiro atoms. The van der Waals surface area contributed by atoms with Crippen LogP contribution in [0.3, 0.4) is 0 Å². The van der Waals surface area contributed by atoms with Gasteiger partial charge in [0.1, 0.15) is 0 Å². The summed E-state index contributed by atoms with van der Waals surface area (Å²) < 4.78 is 5.36. The van der Waals surface area contributed by atoms with E-state index >= 15 is 0 Å². The molecule has 1 heteroatoms. The third-order valence-corrected chi connectivity index (χ3v) is 2.88. The fourth-order valence-corrected chi connectivity index (χ4v) is 1.69. The summed E-state index contributed by atoms with van der Waals surface area (Å²) in [7, 11) is 0. The number of ether oxygens (including phenoxy) is 1. The van der Waals surface area contributed by atoms with Crippen LogP contribution in [-0.4, -0.2) is 13.2 Å². The normalized spacial score (nSPS) is 22.3. The van der Waals surface area contributed by atoms with Crippen LogP contribution in [0.15, 0.2) is 12.2 Å². The molecule has 13 heavy (non-hydrogen) atoms. The number of allylic oxidation sites excluding steroid dienone is 2. The first-order valence-corrected chi connectivity index (χ1v) is 5.52. The minimum absolute atomic E-state index is 0.423. The zero-order valence-electron chi connectivity index (χ0n) is 9.01. The Morgan fingerprint density at radius 3 is 2.62 bits per heavy atom. The van der Waals surface area contributed by atoms with E-state index < -0.39 is 0 Å². The highest BCUT2D eigenvalue weighted by molar-refractivity contribution is 4.98. The van der Waals surface area contributed by atoms with Crippen LogP contribution in [0.4, 0.5) is 0 Å². The molecule has 0 atom stereocenters. The molecule has 1 heterocycles. The van der Waals surface area contributed by atoms with Gasteiger partial charge in [-0.25, -0.2) is 0 Å². The van der Waals surface area contributed by atoms with E-state index in [4.69, 9.17) is 4.74 Å². The van der Waals surface area contributed by atoms with Crippen LogP contribution in [0.25, 0.3) is 0 Å². The van der Waals surface area contributed by atoms with E-state index in [1.54, 1.807) is 0 Å². The lowest BCUT2D eigenvalue weighted by atomic mass is 9.82. The van der Waals surface area contributed by atoms with E-state index in [-0.39, 0.29) is 0 Å². The van der Waals surface area contributed by atoms with E-state index in [0.717, 1.165) is 13.2 Å². The fraction of sp³-hybridized carbons (Fsp3) is 0.833. The standard InChI is InChI=1S/C12H22O/c1-3-4-5-6-7-12(2)8-10-13-11-9-12/h6-7H,3-5,8-11H2,1-2H3/b7-6-. The first-order valence-electron chi connectivity index (χ1n) is 5.52. The average Bonchev–Trinajstić information content (AvgIpc) is 2.14. The Kier molecular flexibility index (Phi) is 4.51. The highest BCUT2D eigenvalue weighted by Crippen LogP contribution is 2.31. The predicted molar refractivity (Wildman–Crippen MR) is 56.8 cm³/mol. The van der Waals surface area contributed by atoms with Gasteiger partial charge in [0.05, 0.1) is 0 Å². The Hall–Kier alpha value is -0.300. The quantitative estimate of drug-likeness (QED) is 0.477. The average molecular weight is 182 g/mol. The third-order valence-electron chi connectivity index (χ3n) is 2.88. The van der Waals surface area contributed by atoms with Crippen molar-refractivity contribution in [2.75, 3.05) is 13.2 Å². The largest absolute Gasteiger partial charge is 0.381 e. The highest BCUT2D eigenvalue weighted by atomic mass is 16.5. The molecule has 1 aliphatic rings. The zero-order chi connectivity index (χ0) is 9.57. The van der Waals surface area contributed by atoms with E-state index in [2.05, 4.69) is 26.0 Å². The number of rotatable bonds is 4. The van der Waals surface area contributed by atoms with Crippen molar-refractivity contribution >= 4 is 0 Å². The second-order valence-electron chi connectivity index (χ2n) is 4.31. The summed E-state index contributed by atoms with van der Waals surface area (Å²) in [6.45, 7) is 6.46. The highest BCUT2D eigenvalue weighted by Gasteiger charge is 2.23. The maximum Gasteiger partial charge on any atom is 0.0474 e. The minimum atomic E-state index is 0.423. The van der Waals surface area contributed by atoms with Crippen molar-refractivity contribution in [1.82, 2.24) is 0 Å². The van der Waals surface area contributed by atoms with E-state index in [1.165, 1.54) is 32.1 Å². The van der Waals surface area contributed by atoms with Gasteiger partial charge in [0.2, 0.25) is 0 Å². The van der Waals surface area contributed by atoms with Crippen LogP contribution in [-0.2, 0) is 4.74 Å². The Morgan fingerprint density at radius 1 is 1.31 bits per heavy atom. The molecule has 0 bridgehead atoms. The smallest absolute Gasteiger partial charge is 0.0474 e. The number of unbranched alkanes of at least 4 members (excludes halogenated alkanes) is 2. The van der Waals surface area contributed by atoms with Crippen molar-refractivity contribution in [2.24, 2.45) is 5.41 Å². The van der Waals surface area contributed by atoms with Gasteiger partial charge >= 0.3 is 0 Å². The lowest BCUT2D eigenvalue weighted by molar-refractivity contribution is 0.0448. The Balaban J connectivity index is 2.27. The second kappa shape index (κ2) is 5.43. The van der Waals surface area contributed by atoms with E-state index in [9.17, 15) is 0 Å². The minimum Gasteiger partial charge on any atom is -0.381 e. The third kappa shape index (κ3) is 3.95. The van der Waals surface area contributed by atoms with Gasteiger partial charge in [-0.2, -0.15) is 0 Å². The molecule has 0 unspecified atom stereocenters. The van der Waals surface area contributed by atoms with Crippen LogP contribution in [0, 0.1) is 5.41 Å². The van der Waals surface area contributed by atoms with Gasteiger partial charge in [0, 0.05) is 13.2 Å². The van der Waals surface area contributed by atoms with Crippen LogP contribution < -0.4 is 0 Å². The molecule has 1 aliphatic heterocycles. The summed E-state index contributed by atoms with van der Waals surface area (Å²) >= 11 is 0. The van der Waals surface area contributed by atoms with Gasteiger partial charge in [-0.05, 0) is 24.7 Å². The van der Waals surface area contributed by atoms with Crippen molar-refractivity contribution in [1.29, 1.82) is 0 Å². The van der Waals surface area contributed by atoms with E-state index in [0.29, 0.717) is 5.41 Å². The SMILES string of the molecule is CCCC/C=C\C1(C)CCOCC1. The molecule has 0 aromatic carbocycles. The second-order valence-corrected chi connectivity index (χ2v) is 4.31. The Bertz CT molecular complexity index is 155.